The molecule has 3 atom stereocenters. The van der Waals surface area contributed by atoms with Crippen LogP contribution in [0.4, 0.5) is 0 Å². The summed E-state index contributed by atoms with van der Waals surface area (Å²) in [5.74, 6) is 1.56. The zero-order valence-electron chi connectivity index (χ0n) is 11.2. The molecule has 2 heteroatoms. The Balaban J connectivity index is 1.71. The lowest BCUT2D eigenvalue weighted by atomic mass is 9.72. The van der Waals surface area contributed by atoms with Crippen LogP contribution in [0.1, 0.15) is 64.7 Å². The highest BCUT2D eigenvalue weighted by molar-refractivity contribution is 5.03. The Morgan fingerprint density at radius 3 is 2.47 bits per heavy atom. The number of hydrogen-bond acceptors (Lipinski definition) is 2. The molecule has 17 heavy (non-hydrogen) atoms. The molecule has 1 heterocycles. The molecule has 0 bridgehead atoms. The van der Waals surface area contributed by atoms with Gasteiger partial charge in [-0.2, -0.15) is 0 Å². The second-order valence-corrected chi connectivity index (χ2v) is 7.01. The summed E-state index contributed by atoms with van der Waals surface area (Å²) >= 11 is 0. The van der Waals surface area contributed by atoms with E-state index in [1.54, 1.807) is 0 Å². The fourth-order valence-electron chi connectivity index (χ4n) is 4.63. The van der Waals surface area contributed by atoms with Gasteiger partial charge in [0.1, 0.15) is 0 Å². The van der Waals surface area contributed by atoms with Crippen LogP contribution in [0.3, 0.4) is 0 Å². The Morgan fingerprint density at radius 2 is 1.82 bits per heavy atom. The molecule has 3 rings (SSSR count). The summed E-state index contributed by atoms with van der Waals surface area (Å²) in [5.41, 5.74) is 7.09. The minimum atomic E-state index is 0.138. The van der Waals surface area contributed by atoms with Gasteiger partial charge in [-0.3, -0.25) is 0 Å². The van der Waals surface area contributed by atoms with E-state index in [1.807, 2.05) is 0 Å². The standard InChI is InChI=1S/C15H27NO/c1-12-4-8-15(16,10-12)13-5-9-17-14(11-13)6-2-3-7-14/h12-13H,2-11,16H2,1H3. The van der Waals surface area contributed by atoms with Crippen LogP contribution in [-0.2, 0) is 4.74 Å². The van der Waals surface area contributed by atoms with Crippen LogP contribution in [0, 0.1) is 11.8 Å². The lowest BCUT2D eigenvalue weighted by Gasteiger charge is -2.45. The molecule has 3 unspecified atom stereocenters. The molecule has 98 valence electrons. The van der Waals surface area contributed by atoms with Crippen LogP contribution in [-0.4, -0.2) is 17.7 Å². The van der Waals surface area contributed by atoms with Crippen molar-refractivity contribution in [3.63, 3.8) is 0 Å². The average molecular weight is 237 g/mol. The molecule has 0 amide bonds. The van der Waals surface area contributed by atoms with Gasteiger partial charge < -0.3 is 10.5 Å². The van der Waals surface area contributed by atoms with Crippen LogP contribution in [0.15, 0.2) is 0 Å². The second kappa shape index (κ2) is 4.24. The van der Waals surface area contributed by atoms with E-state index in [2.05, 4.69) is 6.92 Å². The highest BCUT2D eigenvalue weighted by Gasteiger charge is 2.48. The summed E-state index contributed by atoms with van der Waals surface area (Å²) in [4.78, 5) is 0. The Hall–Kier alpha value is -0.0800. The van der Waals surface area contributed by atoms with Crippen molar-refractivity contribution in [1.29, 1.82) is 0 Å². The SMILES string of the molecule is CC1CCC(N)(C2CCOC3(CCCC3)C2)C1. The first-order valence-corrected chi connectivity index (χ1v) is 7.55. The lowest BCUT2D eigenvalue weighted by Crippen LogP contribution is -2.51. The molecule has 2 N–H and O–H groups in total. The van der Waals surface area contributed by atoms with Crippen molar-refractivity contribution in [3.05, 3.63) is 0 Å². The normalized spacial score (nSPS) is 45.5. The van der Waals surface area contributed by atoms with Crippen LogP contribution >= 0.6 is 0 Å². The summed E-state index contributed by atoms with van der Waals surface area (Å²) in [6.45, 7) is 3.32. The van der Waals surface area contributed by atoms with Crippen molar-refractivity contribution < 1.29 is 4.74 Å². The molecule has 2 aliphatic carbocycles. The zero-order chi connectivity index (χ0) is 11.9. The summed E-state index contributed by atoms with van der Waals surface area (Å²) in [6.07, 6.45) is 11.6. The van der Waals surface area contributed by atoms with E-state index in [0.717, 1.165) is 18.4 Å². The Kier molecular flexibility index (Phi) is 2.99. The van der Waals surface area contributed by atoms with Crippen LogP contribution in [0.5, 0.6) is 0 Å². The molecule has 0 aromatic heterocycles. The molecule has 0 aromatic rings. The van der Waals surface area contributed by atoms with E-state index >= 15 is 0 Å². The maximum Gasteiger partial charge on any atom is 0.0685 e. The third-order valence-corrected chi connectivity index (χ3v) is 5.65. The molecule has 0 radical (unpaired) electrons. The van der Waals surface area contributed by atoms with Gasteiger partial charge in [0.2, 0.25) is 0 Å². The summed E-state index contributed by atoms with van der Waals surface area (Å²) < 4.78 is 6.13. The minimum Gasteiger partial charge on any atom is -0.375 e. The fraction of sp³-hybridized carbons (Fsp3) is 1.00. The Labute approximate surface area is 105 Å². The number of ether oxygens (including phenoxy) is 1. The van der Waals surface area contributed by atoms with Gasteiger partial charge >= 0.3 is 0 Å². The number of hydrogen-bond donors (Lipinski definition) is 1. The van der Waals surface area contributed by atoms with Gasteiger partial charge in [-0.25, -0.2) is 0 Å². The molecule has 1 aliphatic heterocycles. The molecule has 2 nitrogen and oxygen atoms in total. The topological polar surface area (TPSA) is 35.2 Å². The van der Waals surface area contributed by atoms with Gasteiger partial charge in [-0.15, -0.1) is 0 Å². The highest BCUT2D eigenvalue weighted by Crippen LogP contribution is 2.48. The summed E-state index contributed by atoms with van der Waals surface area (Å²) in [5, 5.41) is 0. The molecule has 3 aliphatic rings. The second-order valence-electron chi connectivity index (χ2n) is 7.01. The molecular formula is C15H27NO. The minimum absolute atomic E-state index is 0.138. The van der Waals surface area contributed by atoms with Crippen molar-refractivity contribution in [2.75, 3.05) is 6.61 Å². The quantitative estimate of drug-likeness (QED) is 0.760. The van der Waals surface area contributed by atoms with Crippen LogP contribution < -0.4 is 5.73 Å². The Bertz CT molecular complexity index is 285. The van der Waals surface area contributed by atoms with Gasteiger partial charge in [0, 0.05) is 12.1 Å². The van der Waals surface area contributed by atoms with E-state index in [1.165, 1.54) is 57.8 Å². The smallest absolute Gasteiger partial charge is 0.0685 e. The van der Waals surface area contributed by atoms with Crippen molar-refractivity contribution in [2.45, 2.75) is 75.9 Å². The molecule has 1 spiro atoms. The third-order valence-electron chi connectivity index (χ3n) is 5.65. The predicted octanol–water partition coefficient (Wildman–Crippen LogP) is 3.24. The number of rotatable bonds is 1. The van der Waals surface area contributed by atoms with Crippen molar-refractivity contribution in [1.82, 2.24) is 0 Å². The molecule has 1 saturated heterocycles. The summed E-state index contributed by atoms with van der Waals surface area (Å²) in [7, 11) is 0. The van der Waals surface area contributed by atoms with Crippen molar-refractivity contribution in [2.24, 2.45) is 17.6 Å². The number of nitrogens with two attached hydrogens (primary N) is 1. The van der Waals surface area contributed by atoms with Gasteiger partial charge in [-0.05, 0) is 56.8 Å². The first-order chi connectivity index (χ1) is 8.12. The van der Waals surface area contributed by atoms with Crippen molar-refractivity contribution in [3.8, 4) is 0 Å². The largest absolute Gasteiger partial charge is 0.375 e. The van der Waals surface area contributed by atoms with Gasteiger partial charge in [0.05, 0.1) is 5.60 Å². The van der Waals surface area contributed by atoms with Gasteiger partial charge in [0.15, 0.2) is 0 Å². The van der Waals surface area contributed by atoms with Gasteiger partial charge in [-0.1, -0.05) is 19.8 Å². The highest BCUT2D eigenvalue weighted by atomic mass is 16.5. The maximum atomic E-state index is 6.72. The average Bonchev–Trinajstić information content (AvgIpc) is 2.88. The molecule has 3 fully saturated rings. The van der Waals surface area contributed by atoms with E-state index in [9.17, 15) is 0 Å². The molecule has 2 saturated carbocycles. The first-order valence-electron chi connectivity index (χ1n) is 7.55. The Morgan fingerprint density at radius 1 is 1.06 bits per heavy atom. The van der Waals surface area contributed by atoms with Crippen LogP contribution in [0.2, 0.25) is 0 Å². The molecular weight excluding hydrogens is 210 g/mol. The third kappa shape index (κ3) is 2.15. The lowest BCUT2D eigenvalue weighted by molar-refractivity contribution is -0.105. The fourth-order valence-corrected chi connectivity index (χ4v) is 4.63. The van der Waals surface area contributed by atoms with E-state index in [4.69, 9.17) is 10.5 Å². The maximum absolute atomic E-state index is 6.72. The van der Waals surface area contributed by atoms with Crippen LogP contribution in [0.25, 0.3) is 0 Å². The summed E-state index contributed by atoms with van der Waals surface area (Å²) in [6, 6.07) is 0. The van der Waals surface area contributed by atoms with E-state index in [0.29, 0.717) is 0 Å². The van der Waals surface area contributed by atoms with Crippen molar-refractivity contribution >= 4 is 0 Å². The first kappa shape index (κ1) is 12.0. The van der Waals surface area contributed by atoms with E-state index < -0.39 is 0 Å². The van der Waals surface area contributed by atoms with E-state index in [-0.39, 0.29) is 11.1 Å². The molecule has 0 aromatic carbocycles. The van der Waals surface area contributed by atoms with Gasteiger partial charge in [0.25, 0.3) is 0 Å². The monoisotopic (exact) mass is 237 g/mol. The predicted molar refractivity (Wildman–Crippen MR) is 69.8 cm³/mol. The zero-order valence-corrected chi connectivity index (χ0v) is 11.2.